The van der Waals surface area contributed by atoms with E-state index >= 15 is 0 Å². The highest BCUT2D eigenvalue weighted by Gasteiger charge is 2.05. The standard InChI is InChI=1S/C11H12N2O/c1-3-11(14)8-4-5-10-9(6-8)7-13(2)12-10/h4-7H,3H2,1-2H3. The van der Waals surface area contributed by atoms with E-state index in [-0.39, 0.29) is 5.78 Å². The molecule has 0 aliphatic carbocycles. The van der Waals surface area contributed by atoms with Crippen molar-refractivity contribution in [1.82, 2.24) is 9.78 Å². The van der Waals surface area contributed by atoms with Gasteiger partial charge in [0.15, 0.2) is 5.78 Å². The Hall–Kier alpha value is -1.64. The second-order valence-electron chi connectivity index (χ2n) is 3.35. The second kappa shape index (κ2) is 3.25. The molecule has 1 aromatic heterocycles. The van der Waals surface area contributed by atoms with E-state index in [0.29, 0.717) is 6.42 Å². The maximum atomic E-state index is 11.4. The molecule has 0 unspecified atom stereocenters. The monoisotopic (exact) mass is 188 g/mol. The minimum absolute atomic E-state index is 0.177. The molecule has 0 aliphatic heterocycles. The molecular weight excluding hydrogens is 176 g/mol. The Kier molecular flexibility index (Phi) is 2.08. The van der Waals surface area contributed by atoms with Crippen LogP contribution in [0.4, 0.5) is 0 Å². The van der Waals surface area contributed by atoms with Crippen molar-refractivity contribution in [3.8, 4) is 0 Å². The number of carbonyl (C=O) groups excluding carboxylic acids is 1. The molecule has 0 atom stereocenters. The molecular formula is C11H12N2O. The zero-order valence-corrected chi connectivity index (χ0v) is 8.32. The largest absolute Gasteiger partial charge is 0.294 e. The van der Waals surface area contributed by atoms with Crippen molar-refractivity contribution in [2.24, 2.45) is 7.05 Å². The highest BCUT2D eigenvalue weighted by atomic mass is 16.1. The molecule has 2 rings (SSSR count). The van der Waals surface area contributed by atoms with Gasteiger partial charge in [0, 0.05) is 30.6 Å². The molecule has 2 aromatic rings. The van der Waals surface area contributed by atoms with Crippen molar-refractivity contribution >= 4 is 16.7 Å². The van der Waals surface area contributed by atoms with Gasteiger partial charge in [0.25, 0.3) is 0 Å². The average molecular weight is 188 g/mol. The number of aryl methyl sites for hydroxylation is 1. The number of fused-ring (bicyclic) bond motifs is 1. The van der Waals surface area contributed by atoms with Gasteiger partial charge in [0.2, 0.25) is 0 Å². The number of rotatable bonds is 2. The number of Topliss-reactive ketones (excluding diaryl/α,β-unsaturated/α-hetero) is 1. The Morgan fingerprint density at radius 1 is 1.50 bits per heavy atom. The number of nitrogens with zero attached hydrogens (tertiary/aromatic N) is 2. The van der Waals surface area contributed by atoms with E-state index in [2.05, 4.69) is 5.10 Å². The predicted octanol–water partition coefficient (Wildman–Crippen LogP) is 2.17. The first-order chi connectivity index (χ1) is 6.70. The molecule has 0 saturated carbocycles. The fourth-order valence-electron chi connectivity index (χ4n) is 1.53. The number of hydrogen-bond acceptors (Lipinski definition) is 2. The molecule has 0 radical (unpaired) electrons. The fraction of sp³-hybridized carbons (Fsp3) is 0.273. The number of carbonyl (C=O) groups is 1. The Bertz CT molecular complexity index is 485. The summed E-state index contributed by atoms with van der Waals surface area (Å²) in [5, 5.41) is 5.26. The van der Waals surface area contributed by atoms with E-state index in [1.54, 1.807) is 4.68 Å². The van der Waals surface area contributed by atoms with Crippen molar-refractivity contribution in [2.45, 2.75) is 13.3 Å². The minimum atomic E-state index is 0.177. The summed E-state index contributed by atoms with van der Waals surface area (Å²) in [4.78, 5) is 11.4. The van der Waals surface area contributed by atoms with E-state index in [4.69, 9.17) is 0 Å². The van der Waals surface area contributed by atoms with Gasteiger partial charge in [-0.15, -0.1) is 0 Å². The normalized spacial score (nSPS) is 10.7. The van der Waals surface area contributed by atoms with Gasteiger partial charge >= 0.3 is 0 Å². The number of aromatic nitrogens is 2. The van der Waals surface area contributed by atoms with Gasteiger partial charge in [-0.05, 0) is 18.2 Å². The number of benzene rings is 1. The lowest BCUT2D eigenvalue weighted by atomic mass is 10.1. The van der Waals surface area contributed by atoms with Gasteiger partial charge in [-0.25, -0.2) is 0 Å². The van der Waals surface area contributed by atoms with Crippen LogP contribution < -0.4 is 0 Å². The smallest absolute Gasteiger partial charge is 0.162 e. The molecule has 0 aliphatic rings. The van der Waals surface area contributed by atoms with Crippen molar-refractivity contribution in [1.29, 1.82) is 0 Å². The van der Waals surface area contributed by atoms with E-state index in [9.17, 15) is 4.79 Å². The van der Waals surface area contributed by atoms with Gasteiger partial charge in [-0.3, -0.25) is 9.48 Å². The van der Waals surface area contributed by atoms with Gasteiger partial charge in [-0.1, -0.05) is 6.92 Å². The van der Waals surface area contributed by atoms with Crippen molar-refractivity contribution in [2.75, 3.05) is 0 Å². The summed E-state index contributed by atoms with van der Waals surface area (Å²) in [5.41, 5.74) is 1.70. The van der Waals surface area contributed by atoms with Crippen molar-refractivity contribution in [3.05, 3.63) is 30.0 Å². The third kappa shape index (κ3) is 1.41. The summed E-state index contributed by atoms with van der Waals surface area (Å²) >= 11 is 0. The van der Waals surface area contributed by atoms with Crippen LogP contribution in [0.2, 0.25) is 0 Å². The van der Waals surface area contributed by atoms with Crippen LogP contribution in [0.3, 0.4) is 0 Å². The van der Waals surface area contributed by atoms with Gasteiger partial charge in [0.05, 0.1) is 5.52 Å². The molecule has 0 amide bonds. The van der Waals surface area contributed by atoms with Crippen LogP contribution in [-0.4, -0.2) is 15.6 Å². The summed E-state index contributed by atoms with van der Waals surface area (Å²) in [5.74, 6) is 0.177. The fourth-order valence-corrected chi connectivity index (χ4v) is 1.53. The molecule has 0 fully saturated rings. The van der Waals surface area contributed by atoms with Crippen LogP contribution >= 0.6 is 0 Å². The van der Waals surface area contributed by atoms with Crippen LogP contribution in [0.5, 0.6) is 0 Å². The summed E-state index contributed by atoms with van der Waals surface area (Å²) in [6, 6.07) is 5.62. The molecule has 0 spiro atoms. The molecule has 0 bridgehead atoms. The number of ketones is 1. The zero-order valence-electron chi connectivity index (χ0n) is 8.32. The molecule has 72 valence electrons. The van der Waals surface area contributed by atoms with E-state index < -0.39 is 0 Å². The molecule has 3 nitrogen and oxygen atoms in total. The van der Waals surface area contributed by atoms with Gasteiger partial charge in [0.1, 0.15) is 0 Å². The Balaban J connectivity index is 2.55. The predicted molar refractivity (Wildman–Crippen MR) is 55.3 cm³/mol. The van der Waals surface area contributed by atoms with E-state index in [0.717, 1.165) is 16.5 Å². The van der Waals surface area contributed by atoms with Crippen LogP contribution in [0.15, 0.2) is 24.4 Å². The third-order valence-electron chi connectivity index (χ3n) is 2.26. The summed E-state index contributed by atoms with van der Waals surface area (Å²) in [7, 11) is 1.88. The van der Waals surface area contributed by atoms with Gasteiger partial charge in [-0.2, -0.15) is 5.10 Å². The van der Waals surface area contributed by atoms with Crippen molar-refractivity contribution in [3.63, 3.8) is 0 Å². The maximum absolute atomic E-state index is 11.4. The summed E-state index contributed by atoms with van der Waals surface area (Å²) < 4.78 is 1.75. The van der Waals surface area contributed by atoms with Crippen LogP contribution in [0.25, 0.3) is 10.9 Å². The third-order valence-corrected chi connectivity index (χ3v) is 2.26. The first kappa shape index (κ1) is 8.94. The summed E-state index contributed by atoms with van der Waals surface area (Å²) in [6.45, 7) is 1.87. The Morgan fingerprint density at radius 3 is 3.00 bits per heavy atom. The highest BCUT2D eigenvalue weighted by Crippen LogP contribution is 2.15. The average Bonchev–Trinajstić information content (AvgIpc) is 2.55. The second-order valence-corrected chi connectivity index (χ2v) is 3.35. The lowest BCUT2D eigenvalue weighted by Crippen LogP contribution is -1.95. The van der Waals surface area contributed by atoms with E-state index in [1.165, 1.54) is 0 Å². The van der Waals surface area contributed by atoms with Crippen molar-refractivity contribution < 1.29 is 4.79 Å². The van der Waals surface area contributed by atoms with Crippen LogP contribution in [0.1, 0.15) is 23.7 Å². The molecule has 14 heavy (non-hydrogen) atoms. The first-order valence-electron chi connectivity index (χ1n) is 4.67. The molecule has 1 heterocycles. The Labute approximate surface area is 82.3 Å². The zero-order chi connectivity index (χ0) is 10.1. The highest BCUT2D eigenvalue weighted by molar-refractivity contribution is 5.99. The molecule has 1 aromatic carbocycles. The SMILES string of the molecule is CCC(=O)c1ccc2nn(C)cc2c1. The molecule has 0 N–H and O–H groups in total. The summed E-state index contributed by atoms with van der Waals surface area (Å²) in [6.07, 6.45) is 2.47. The number of hydrogen-bond donors (Lipinski definition) is 0. The lowest BCUT2D eigenvalue weighted by molar-refractivity contribution is 0.0988. The van der Waals surface area contributed by atoms with Crippen LogP contribution in [0, 0.1) is 0 Å². The Morgan fingerprint density at radius 2 is 2.29 bits per heavy atom. The molecule has 0 saturated heterocycles. The first-order valence-corrected chi connectivity index (χ1v) is 4.67. The quantitative estimate of drug-likeness (QED) is 0.677. The topological polar surface area (TPSA) is 34.9 Å². The lowest BCUT2D eigenvalue weighted by Gasteiger charge is -1.96. The van der Waals surface area contributed by atoms with Crippen LogP contribution in [-0.2, 0) is 7.05 Å². The maximum Gasteiger partial charge on any atom is 0.162 e. The molecule has 3 heteroatoms. The minimum Gasteiger partial charge on any atom is -0.294 e. The van der Waals surface area contributed by atoms with E-state index in [1.807, 2.05) is 38.4 Å². The van der Waals surface area contributed by atoms with Gasteiger partial charge < -0.3 is 0 Å².